The maximum atomic E-state index is 11.1. The largest absolute Gasteiger partial charge is 0.382 e. The highest BCUT2D eigenvalue weighted by molar-refractivity contribution is 5.88. The number of carbonyl (C=O) groups is 1. The van der Waals surface area contributed by atoms with Gasteiger partial charge >= 0.3 is 0 Å². The number of carbonyl (C=O) groups excluding carboxylic acids is 1. The van der Waals surface area contributed by atoms with Crippen molar-refractivity contribution in [2.24, 2.45) is 5.92 Å². The van der Waals surface area contributed by atoms with Crippen LogP contribution in [0.4, 0.5) is 17.3 Å². The summed E-state index contributed by atoms with van der Waals surface area (Å²) >= 11 is 0. The van der Waals surface area contributed by atoms with E-state index >= 15 is 0 Å². The molecule has 0 unspecified atom stereocenters. The molecule has 0 spiro atoms. The van der Waals surface area contributed by atoms with Crippen molar-refractivity contribution in [3.63, 3.8) is 0 Å². The third-order valence-electron chi connectivity index (χ3n) is 3.59. The molecule has 1 fully saturated rings. The van der Waals surface area contributed by atoms with Crippen LogP contribution in [0.2, 0.25) is 0 Å². The van der Waals surface area contributed by atoms with Crippen LogP contribution < -0.4 is 16.4 Å². The van der Waals surface area contributed by atoms with Gasteiger partial charge in [-0.1, -0.05) is 0 Å². The molecular formula is C16H19N5O. The number of anilines is 3. The predicted octanol–water partition coefficient (Wildman–Crippen LogP) is 2.51. The lowest BCUT2D eigenvalue weighted by Gasteiger charge is -2.11. The Hall–Kier alpha value is -2.63. The van der Waals surface area contributed by atoms with Gasteiger partial charge in [0.25, 0.3) is 0 Å². The Morgan fingerprint density at radius 2 is 2.14 bits per heavy atom. The van der Waals surface area contributed by atoms with Crippen molar-refractivity contribution in [3.05, 3.63) is 30.6 Å². The molecule has 0 aliphatic heterocycles. The molecule has 0 bridgehead atoms. The Balaban J connectivity index is 1.83. The van der Waals surface area contributed by atoms with E-state index in [1.807, 2.05) is 18.2 Å². The summed E-state index contributed by atoms with van der Waals surface area (Å²) in [6.07, 6.45) is 5.95. The number of nitrogens with two attached hydrogens (primary N) is 1. The molecule has 1 amide bonds. The summed E-state index contributed by atoms with van der Waals surface area (Å²) < 4.78 is 0. The van der Waals surface area contributed by atoms with Gasteiger partial charge in [-0.15, -0.1) is 0 Å². The second-order valence-corrected chi connectivity index (χ2v) is 5.59. The Morgan fingerprint density at radius 3 is 2.86 bits per heavy atom. The molecule has 6 nitrogen and oxygen atoms in total. The van der Waals surface area contributed by atoms with E-state index in [0.717, 1.165) is 29.3 Å². The van der Waals surface area contributed by atoms with Crippen LogP contribution in [-0.4, -0.2) is 22.4 Å². The van der Waals surface area contributed by atoms with E-state index < -0.39 is 0 Å². The highest BCUT2D eigenvalue weighted by Crippen LogP contribution is 2.31. The minimum atomic E-state index is -0.146. The van der Waals surface area contributed by atoms with Gasteiger partial charge in [0.2, 0.25) is 5.91 Å². The molecule has 22 heavy (non-hydrogen) atoms. The predicted molar refractivity (Wildman–Crippen MR) is 87.4 cm³/mol. The van der Waals surface area contributed by atoms with Gasteiger partial charge in [-0.05, 0) is 42.5 Å². The number of pyridine rings is 2. The molecule has 2 aromatic rings. The Labute approximate surface area is 129 Å². The van der Waals surface area contributed by atoms with Crippen LogP contribution in [0.5, 0.6) is 0 Å². The van der Waals surface area contributed by atoms with Crippen LogP contribution in [0.3, 0.4) is 0 Å². The maximum absolute atomic E-state index is 11.1. The molecule has 2 aromatic heterocycles. The maximum Gasteiger partial charge on any atom is 0.222 e. The highest BCUT2D eigenvalue weighted by Gasteiger charge is 2.21. The van der Waals surface area contributed by atoms with Gasteiger partial charge in [-0.3, -0.25) is 4.79 Å². The minimum absolute atomic E-state index is 0.146. The number of hydrogen-bond acceptors (Lipinski definition) is 5. The fraction of sp³-hybridized carbons (Fsp3) is 0.312. The smallest absolute Gasteiger partial charge is 0.222 e. The monoisotopic (exact) mass is 297 g/mol. The van der Waals surface area contributed by atoms with Crippen LogP contribution in [0.1, 0.15) is 19.8 Å². The molecule has 0 saturated heterocycles. The first kappa shape index (κ1) is 14.3. The first-order valence-corrected chi connectivity index (χ1v) is 7.35. The van der Waals surface area contributed by atoms with Gasteiger partial charge < -0.3 is 16.4 Å². The molecule has 4 N–H and O–H groups in total. The molecule has 1 aliphatic carbocycles. The summed E-state index contributed by atoms with van der Waals surface area (Å²) in [5.74, 6) is 1.64. The first-order chi connectivity index (χ1) is 10.6. The standard InChI is InChI=1S/C16H19N5O/c1-10(22)21-15-7-12(4-5-18-15)13-6-14(16(17)20-9-13)19-8-11-2-3-11/h4-7,9,11,19H,2-3,8H2,1H3,(H2,17,20)(H,18,21,22). The van der Waals surface area contributed by atoms with Crippen LogP contribution in [0, 0.1) is 5.92 Å². The lowest BCUT2D eigenvalue weighted by Crippen LogP contribution is -2.08. The van der Waals surface area contributed by atoms with Gasteiger partial charge in [0.05, 0.1) is 5.69 Å². The van der Waals surface area contributed by atoms with E-state index in [2.05, 4.69) is 20.6 Å². The van der Waals surface area contributed by atoms with Crippen molar-refractivity contribution in [3.8, 4) is 11.1 Å². The van der Waals surface area contributed by atoms with E-state index in [1.165, 1.54) is 19.8 Å². The Kier molecular flexibility index (Phi) is 3.91. The number of nitrogens with one attached hydrogen (secondary N) is 2. The van der Waals surface area contributed by atoms with Crippen LogP contribution in [0.15, 0.2) is 30.6 Å². The van der Waals surface area contributed by atoms with Crippen molar-refractivity contribution in [2.75, 3.05) is 22.9 Å². The quantitative estimate of drug-likeness (QED) is 0.788. The molecule has 2 heterocycles. The van der Waals surface area contributed by atoms with Crippen LogP contribution >= 0.6 is 0 Å². The number of amides is 1. The van der Waals surface area contributed by atoms with E-state index in [9.17, 15) is 4.79 Å². The van der Waals surface area contributed by atoms with E-state index in [4.69, 9.17) is 5.73 Å². The van der Waals surface area contributed by atoms with E-state index in [0.29, 0.717) is 11.6 Å². The number of hydrogen-bond donors (Lipinski definition) is 3. The molecular weight excluding hydrogens is 278 g/mol. The average molecular weight is 297 g/mol. The van der Waals surface area contributed by atoms with Gasteiger partial charge in [0, 0.05) is 31.4 Å². The number of nitrogen functional groups attached to an aromatic ring is 1. The second-order valence-electron chi connectivity index (χ2n) is 5.59. The summed E-state index contributed by atoms with van der Waals surface area (Å²) in [5, 5.41) is 6.04. The summed E-state index contributed by atoms with van der Waals surface area (Å²) in [4.78, 5) is 19.5. The molecule has 0 atom stereocenters. The van der Waals surface area contributed by atoms with Crippen LogP contribution in [0.25, 0.3) is 11.1 Å². The summed E-state index contributed by atoms with van der Waals surface area (Å²) in [7, 11) is 0. The SMILES string of the molecule is CC(=O)Nc1cc(-c2cnc(N)c(NCC3CC3)c2)ccn1. The van der Waals surface area contributed by atoms with Gasteiger partial charge in [-0.25, -0.2) is 9.97 Å². The summed E-state index contributed by atoms with van der Waals surface area (Å²) in [6, 6.07) is 5.68. The molecule has 3 rings (SSSR count). The lowest BCUT2D eigenvalue weighted by atomic mass is 10.1. The molecule has 6 heteroatoms. The summed E-state index contributed by atoms with van der Waals surface area (Å²) in [6.45, 7) is 2.39. The average Bonchev–Trinajstić information content (AvgIpc) is 3.30. The van der Waals surface area contributed by atoms with Crippen molar-refractivity contribution in [1.29, 1.82) is 0 Å². The number of nitrogens with zero attached hydrogens (tertiary/aromatic N) is 2. The van der Waals surface area contributed by atoms with Crippen molar-refractivity contribution in [1.82, 2.24) is 9.97 Å². The van der Waals surface area contributed by atoms with E-state index in [1.54, 1.807) is 12.4 Å². The van der Waals surface area contributed by atoms with Gasteiger partial charge in [0.1, 0.15) is 11.6 Å². The molecule has 114 valence electrons. The topological polar surface area (TPSA) is 92.9 Å². The highest BCUT2D eigenvalue weighted by atomic mass is 16.1. The van der Waals surface area contributed by atoms with E-state index in [-0.39, 0.29) is 5.91 Å². The second kappa shape index (κ2) is 6.01. The number of aromatic nitrogens is 2. The zero-order valence-corrected chi connectivity index (χ0v) is 12.5. The van der Waals surface area contributed by atoms with Crippen molar-refractivity contribution >= 4 is 23.2 Å². The normalized spacial score (nSPS) is 13.7. The zero-order valence-electron chi connectivity index (χ0n) is 12.5. The molecule has 1 aliphatic rings. The minimum Gasteiger partial charge on any atom is -0.382 e. The Morgan fingerprint density at radius 1 is 1.32 bits per heavy atom. The fourth-order valence-corrected chi connectivity index (χ4v) is 2.21. The Bertz CT molecular complexity index is 697. The van der Waals surface area contributed by atoms with Crippen molar-refractivity contribution in [2.45, 2.75) is 19.8 Å². The zero-order chi connectivity index (χ0) is 15.5. The van der Waals surface area contributed by atoms with Crippen molar-refractivity contribution < 1.29 is 4.79 Å². The third-order valence-corrected chi connectivity index (χ3v) is 3.59. The fourth-order valence-electron chi connectivity index (χ4n) is 2.21. The van der Waals surface area contributed by atoms with Crippen LogP contribution in [-0.2, 0) is 4.79 Å². The van der Waals surface area contributed by atoms with Gasteiger partial charge in [-0.2, -0.15) is 0 Å². The molecule has 1 saturated carbocycles. The third kappa shape index (κ3) is 3.52. The van der Waals surface area contributed by atoms with Gasteiger partial charge in [0.15, 0.2) is 0 Å². The first-order valence-electron chi connectivity index (χ1n) is 7.35. The molecule has 0 radical (unpaired) electrons. The number of rotatable bonds is 5. The summed E-state index contributed by atoms with van der Waals surface area (Å²) in [5.41, 5.74) is 8.64. The molecule has 0 aromatic carbocycles. The lowest BCUT2D eigenvalue weighted by molar-refractivity contribution is -0.114.